The van der Waals surface area contributed by atoms with Crippen molar-refractivity contribution in [2.24, 2.45) is 0 Å². The second kappa shape index (κ2) is 9.16. The summed E-state index contributed by atoms with van der Waals surface area (Å²) in [6.07, 6.45) is 2.04. The van der Waals surface area contributed by atoms with E-state index in [0.717, 1.165) is 19.4 Å². The number of carbonyl (C=O) groups excluding carboxylic acids is 2. The van der Waals surface area contributed by atoms with Crippen LogP contribution in [-0.4, -0.2) is 37.6 Å². The molecule has 1 aliphatic heterocycles. The lowest BCUT2D eigenvalue weighted by Crippen LogP contribution is -2.32. The van der Waals surface area contributed by atoms with E-state index >= 15 is 0 Å². The molecule has 1 aromatic carbocycles. The van der Waals surface area contributed by atoms with Gasteiger partial charge in [-0.2, -0.15) is 5.26 Å². The summed E-state index contributed by atoms with van der Waals surface area (Å²) in [5, 5.41) is 19.8. The largest absolute Gasteiger partial charge is 0.376 e. The van der Waals surface area contributed by atoms with Crippen molar-refractivity contribution < 1.29 is 14.3 Å². The fraction of sp³-hybridized carbons (Fsp3) is 0.316. The molecule has 1 aromatic heterocycles. The van der Waals surface area contributed by atoms with Gasteiger partial charge in [0.15, 0.2) is 0 Å². The molecule has 1 fully saturated rings. The molecule has 8 heteroatoms. The minimum absolute atomic E-state index is 0.0151. The topological polar surface area (TPSA) is 103 Å². The lowest BCUT2D eigenvalue weighted by Gasteiger charge is -2.14. The summed E-state index contributed by atoms with van der Waals surface area (Å²) in [6.45, 7) is 1.20. The zero-order chi connectivity index (χ0) is 19.1. The van der Waals surface area contributed by atoms with E-state index in [2.05, 4.69) is 16.0 Å². The first kappa shape index (κ1) is 18.9. The third-order valence-electron chi connectivity index (χ3n) is 4.16. The quantitative estimate of drug-likeness (QED) is 0.681. The molecule has 0 spiro atoms. The highest BCUT2D eigenvalue weighted by molar-refractivity contribution is 7.14. The normalized spacial score (nSPS) is 15.7. The van der Waals surface area contributed by atoms with Crippen molar-refractivity contribution in [3.05, 3.63) is 46.8 Å². The summed E-state index contributed by atoms with van der Waals surface area (Å²) in [4.78, 5) is 24.6. The highest BCUT2D eigenvalue weighted by Gasteiger charge is 2.18. The van der Waals surface area contributed by atoms with Gasteiger partial charge in [-0.15, -0.1) is 11.3 Å². The molecule has 1 atom stereocenters. The van der Waals surface area contributed by atoms with Gasteiger partial charge in [-0.1, -0.05) is 12.1 Å². The van der Waals surface area contributed by atoms with Crippen LogP contribution in [0.2, 0.25) is 0 Å². The number of hydrogen-bond acceptors (Lipinski definition) is 6. The summed E-state index contributed by atoms with van der Waals surface area (Å²) < 4.78 is 5.51. The Balaban J connectivity index is 1.56. The second-order valence-corrected chi connectivity index (χ2v) is 6.98. The van der Waals surface area contributed by atoms with Gasteiger partial charge in [-0.25, -0.2) is 0 Å². The summed E-state index contributed by atoms with van der Waals surface area (Å²) >= 11 is 1.29. The van der Waals surface area contributed by atoms with Gasteiger partial charge in [0.05, 0.1) is 23.8 Å². The molecule has 2 aromatic rings. The number of benzene rings is 1. The van der Waals surface area contributed by atoms with Gasteiger partial charge < -0.3 is 20.7 Å². The molecule has 0 radical (unpaired) electrons. The van der Waals surface area contributed by atoms with Crippen LogP contribution in [0.1, 0.15) is 28.8 Å². The first-order valence-electron chi connectivity index (χ1n) is 8.67. The predicted molar refractivity (Wildman–Crippen MR) is 104 cm³/mol. The van der Waals surface area contributed by atoms with Crippen LogP contribution in [0, 0.1) is 11.3 Å². The summed E-state index contributed by atoms with van der Waals surface area (Å²) in [5.74, 6) is -0.498. The van der Waals surface area contributed by atoms with Crippen molar-refractivity contribution in [2.75, 3.05) is 30.3 Å². The van der Waals surface area contributed by atoms with E-state index in [4.69, 9.17) is 10.00 Å². The number of amides is 2. The molecule has 140 valence electrons. The molecule has 2 amide bonds. The molecular formula is C19H20N4O3S. The summed E-state index contributed by atoms with van der Waals surface area (Å²) in [7, 11) is 0. The van der Waals surface area contributed by atoms with Crippen LogP contribution in [0.5, 0.6) is 0 Å². The van der Waals surface area contributed by atoms with Gasteiger partial charge in [-0.3, -0.25) is 9.59 Å². The number of hydrogen-bond donors (Lipinski definition) is 3. The Morgan fingerprint density at radius 1 is 1.30 bits per heavy atom. The predicted octanol–water partition coefficient (Wildman–Crippen LogP) is 2.58. The number of thiophene rings is 1. The highest BCUT2D eigenvalue weighted by Crippen LogP contribution is 2.22. The monoisotopic (exact) mass is 384 g/mol. The Hall–Kier alpha value is -2.89. The molecule has 27 heavy (non-hydrogen) atoms. The first-order chi connectivity index (χ1) is 13.2. The Bertz CT molecular complexity index is 853. The molecule has 7 nitrogen and oxygen atoms in total. The SMILES string of the molecule is N#Cc1ccsc1NC(=O)CNc1ccccc1C(=O)NCC1CCCO1. The molecule has 0 bridgehead atoms. The number of para-hydroxylation sites is 1. The average molecular weight is 384 g/mol. The van der Waals surface area contributed by atoms with Crippen LogP contribution < -0.4 is 16.0 Å². The lowest BCUT2D eigenvalue weighted by molar-refractivity contribution is -0.114. The number of nitrogens with one attached hydrogen (secondary N) is 3. The number of nitriles is 1. The number of ether oxygens (including phenoxy) is 1. The lowest BCUT2D eigenvalue weighted by atomic mass is 10.1. The van der Waals surface area contributed by atoms with Gasteiger partial charge in [0.25, 0.3) is 5.91 Å². The van der Waals surface area contributed by atoms with Gasteiger partial charge in [0.2, 0.25) is 5.91 Å². The number of carbonyl (C=O) groups is 2. The maximum absolute atomic E-state index is 12.5. The zero-order valence-corrected chi connectivity index (χ0v) is 15.5. The fourth-order valence-electron chi connectivity index (χ4n) is 2.78. The van der Waals surface area contributed by atoms with Crippen molar-refractivity contribution in [3.8, 4) is 6.07 Å². The van der Waals surface area contributed by atoms with Gasteiger partial charge in [0, 0.05) is 18.8 Å². The van der Waals surface area contributed by atoms with Gasteiger partial charge >= 0.3 is 0 Å². The van der Waals surface area contributed by atoms with Crippen LogP contribution in [0.15, 0.2) is 35.7 Å². The van der Waals surface area contributed by atoms with Crippen LogP contribution in [-0.2, 0) is 9.53 Å². The Kier molecular flexibility index (Phi) is 6.41. The van der Waals surface area contributed by atoms with Crippen LogP contribution in [0.3, 0.4) is 0 Å². The van der Waals surface area contributed by atoms with Crippen LogP contribution in [0.4, 0.5) is 10.7 Å². The molecule has 0 saturated carbocycles. The molecule has 0 aliphatic carbocycles. The Labute approximate surface area is 161 Å². The zero-order valence-electron chi connectivity index (χ0n) is 14.7. The van der Waals surface area contributed by atoms with Gasteiger partial charge in [-0.05, 0) is 36.4 Å². The Morgan fingerprint density at radius 2 is 2.15 bits per heavy atom. The standard InChI is InChI=1S/C19H20N4O3S/c20-10-13-7-9-27-19(13)23-17(24)12-21-16-6-2-1-5-15(16)18(25)22-11-14-4-3-8-26-14/h1-2,5-7,9,14,21H,3-4,8,11-12H2,(H,22,25)(H,23,24). The molecule has 2 heterocycles. The smallest absolute Gasteiger partial charge is 0.253 e. The third kappa shape index (κ3) is 5.06. The Morgan fingerprint density at radius 3 is 2.93 bits per heavy atom. The number of nitrogens with zero attached hydrogens (tertiary/aromatic N) is 1. The maximum Gasteiger partial charge on any atom is 0.253 e. The molecule has 1 unspecified atom stereocenters. The van der Waals surface area contributed by atoms with E-state index in [1.807, 2.05) is 6.07 Å². The van der Waals surface area contributed by atoms with Crippen LogP contribution in [0.25, 0.3) is 0 Å². The maximum atomic E-state index is 12.5. The van der Waals surface area contributed by atoms with Crippen LogP contribution >= 0.6 is 11.3 Å². The van der Waals surface area contributed by atoms with E-state index < -0.39 is 0 Å². The molecule has 1 aliphatic rings. The van der Waals surface area contributed by atoms with Crippen molar-refractivity contribution in [1.82, 2.24) is 5.32 Å². The van der Waals surface area contributed by atoms with Crippen molar-refractivity contribution in [1.29, 1.82) is 5.26 Å². The first-order valence-corrected chi connectivity index (χ1v) is 9.55. The van der Waals surface area contributed by atoms with Gasteiger partial charge in [0.1, 0.15) is 11.1 Å². The average Bonchev–Trinajstić information content (AvgIpc) is 3.36. The van der Waals surface area contributed by atoms with E-state index in [-0.39, 0.29) is 24.5 Å². The molecule has 3 rings (SSSR count). The van der Waals surface area contributed by atoms with E-state index in [9.17, 15) is 9.59 Å². The highest BCUT2D eigenvalue weighted by atomic mass is 32.1. The molecular weight excluding hydrogens is 364 g/mol. The number of anilines is 2. The van der Waals surface area contributed by atoms with Crippen molar-refractivity contribution in [2.45, 2.75) is 18.9 Å². The van der Waals surface area contributed by atoms with E-state index in [0.29, 0.717) is 28.4 Å². The van der Waals surface area contributed by atoms with Crippen molar-refractivity contribution >= 4 is 33.8 Å². The summed E-state index contributed by atoms with van der Waals surface area (Å²) in [6, 6.07) is 10.7. The molecule has 3 N–H and O–H groups in total. The van der Waals surface area contributed by atoms with Crippen molar-refractivity contribution in [3.63, 3.8) is 0 Å². The minimum atomic E-state index is -0.288. The molecule has 1 saturated heterocycles. The third-order valence-corrected chi connectivity index (χ3v) is 4.99. The number of rotatable bonds is 7. The summed E-state index contributed by atoms with van der Waals surface area (Å²) in [5.41, 5.74) is 1.48. The second-order valence-electron chi connectivity index (χ2n) is 6.07. The fourth-order valence-corrected chi connectivity index (χ4v) is 3.54. The van der Waals surface area contributed by atoms with E-state index in [1.54, 1.807) is 35.7 Å². The minimum Gasteiger partial charge on any atom is -0.376 e. The van der Waals surface area contributed by atoms with E-state index in [1.165, 1.54) is 11.3 Å².